The molecule has 2 rings (SSSR count). The molecule has 2 aromatic rings. The molecule has 1 heterocycles. The number of amides is 1. The van der Waals surface area contributed by atoms with Crippen LogP contribution < -0.4 is 11.1 Å². The molecular formula is C13H15N3OS. The van der Waals surface area contributed by atoms with Crippen molar-refractivity contribution >= 4 is 17.2 Å². The van der Waals surface area contributed by atoms with Gasteiger partial charge in [0.15, 0.2) is 0 Å². The number of carbonyl (C=O) groups is 1. The van der Waals surface area contributed by atoms with Crippen LogP contribution in [-0.2, 0) is 13.0 Å². The van der Waals surface area contributed by atoms with Gasteiger partial charge in [0, 0.05) is 10.9 Å². The Balaban J connectivity index is 1.92. The molecule has 0 bridgehead atoms. The van der Waals surface area contributed by atoms with Crippen molar-refractivity contribution < 1.29 is 4.79 Å². The number of hydrogen-bond donors (Lipinski definition) is 2. The second-order valence-corrected chi connectivity index (χ2v) is 4.62. The molecule has 0 aliphatic heterocycles. The minimum absolute atomic E-state index is 0.0812. The quantitative estimate of drug-likeness (QED) is 0.858. The largest absolute Gasteiger partial charge is 0.346 e. The van der Waals surface area contributed by atoms with E-state index in [1.807, 2.05) is 29.6 Å². The first-order valence-corrected chi connectivity index (χ1v) is 6.68. The summed E-state index contributed by atoms with van der Waals surface area (Å²) >= 11 is 1.52. The molecule has 0 saturated carbocycles. The number of nitrogens with two attached hydrogens (primary N) is 1. The van der Waals surface area contributed by atoms with Crippen molar-refractivity contribution in [2.45, 2.75) is 13.0 Å². The Morgan fingerprint density at radius 1 is 1.33 bits per heavy atom. The maximum absolute atomic E-state index is 11.8. The molecular weight excluding hydrogens is 246 g/mol. The van der Waals surface area contributed by atoms with E-state index in [4.69, 9.17) is 5.73 Å². The average Bonchev–Trinajstić information content (AvgIpc) is 2.90. The monoisotopic (exact) mass is 261 g/mol. The van der Waals surface area contributed by atoms with Crippen LogP contribution >= 0.6 is 11.3 Å². The van der Waals surface area contributed by atoms with E-state index in [0.29, 0.717) is 18.7 Å². The molecule has 1 aromatic heterocycles. The molecule has 0 radical (unpaired) electrons. The predicted molar refractivity (Wildman–Crippen MR) is 72.5 cm³/mol. The second-order valence-electron chi connectivity index (χ2n) is 3.90. The summed E-state index contributed by atoms with van der Waals surface area (Å²) in [6.07, 6.45) is 0.834. The first-order chi connectivity index (χ1) is 8.79. The molecule has 0 aliphatic carbocycles. The smallest absolute Gasteiger partial charge is 0.251 e. The number of nitrogens with zero attached hydrogens (tertiary/aromatic N) is 1. The molecule has 0 saturated heterocycles. The van der Waals surface area contributed by atoms with Crippen LogP contribution in [0.25, 0.3) is 0 Å². The SMILES string of the molecule is NCCc1ccc(C(=O)NCc2cscn2)cc1. The van der Waals surface area contributed by atoms with Gasteiger partial charge in [0.2, 0.25) is 0 Å². The molecule has 0 aliphatic rings. The Kier molecular flexibility index (Phi) is 4.44. The highest BCUT2D eigenvalue weighted by atomic mass is 32.1. The molecule has 0 spiro atoms. The van der Waals surface area contributed by atoms with Crippen LogP contribution in [0, 0.1) is 0 Å². The van der Waals surface area contributed by atoms with Crippen molar-refractivity contribution in [2.24, 2.45) is 5.73 Å². The van der Waals surface area contributed by atoms with Gasteiger partial charge >= 0.3 is 0 Å². The predicted octanol–water partition coefficient (Wildman–Crippen LogP) is 1.57. The number of nitrogens with one attached hydrogen (secondary N) is 1. The van der Waals surface area contributed by atoms with Gasteiger partial charge in [0.05, 0.1) is 17.7 Å². The maximum Gasteiger partial charge on any atom is 0.251 e. The second kappa shape index (κ2) is 6.28. The van der Waals surface area contributed by atoms with E-state index in [-0.39, 0.29) is 5.91 Å². The fraction of sp³-hybridized carbons (Fsp3) is 0.231. The lowest BCUT2D eigenvalue weighted by Crippen LogP contribution is -2.22. The van der Waals surface area contributed by atoms with Crippen LogP contribution in [0.2, 0.25) is 0 Å². The van der Waals surface area contributed by atoms with Crippen LogP contribution in [0.3, 0.4) is 0 Å². The Labute approximate surface area is 110 Å². The minimum Gasteiger partial charge on any atom is -0.346 e. The molecule has 3 N–H and O–H groups in total. The number of thiazole rings is 1. The van der Waals surface area contributed by atoms with Crippen LogP contribution in [-0.4, -0.2) is 17.4 Å². The van der Waals surface area contributed by atoms with E-state index < -0.39 is 0 Å². The van der Waals surface area contributed by atoms with Crippen LogP contribution in [0.15, 0.2) is 35.2 Å². The van der Waals surface area contributed by atoms with Crippen molar-refractivity contribution in [3.8, 4) is 0 Å². The summed E-state index contributed by atoms with van der Waals surface area (Å²) in [6.45, 7) is 1.09. The highest BCUT2D eigenvalue weighted by Crippen LogP contribution is 2.06. The van der Waals surface area contributed by atoms with Crippen molar-refractivity contribution in [2.75, 3.05) is 6.54 Å². The molecule has 0 atom stereocenters. The highest BCUT2D eigenvalue weighted by Gasteiger charge is 2.05. The number of aromatic nitrogens is 1. The van der Waals surface area contributed by atoms with Gasteiger partial charge in [0.1, 0.15) is 0 Å². The first kappa shape index (κ1) is 12.7. The third kappa shape index (κ3) is 3.38. The van der Waals surface area contributed by atoms with Gasteiger partial charge in [-0.1, -0.05) is 12.1 Å². The van der Waals surface area contributed by atoms with Gasteiger partial charge in [-0.05, 0) is 30.7 Å². The molecule has 1 amide bonds. The van der Waals surface area contributed by atoms with E-state index in [2.05, 4.69) is 10.3 Å². The van der Waals surface area contributed by atoms with E-state index >= 15 is 0 Å². The van der Waals surface area contributed by atoms with Gasteiger partial charge in [-0.25, -0.2) is 4.98 Å². The Bertz CT molecular complexity index is 493. The zero-order chi connectivity index (χ0) is 12.8. The number of rotatable bonds is 5. The third-order valence-electron chi connectivity index (χ3n) is 2.56. The van der Waals surface area contributed by atoms with Crippen molar-refractivity contribution in [1.29, 1.82) is 0 Å². The van der Waals surface area contributed by atoms with Gasteiger partial charge in [-0.15, -0.1) is 11.3 Å². The third-order valence-corrected chi connectivity index (χ3v) is 3.20. The number of hydrogen-bond acceptors (Lipinski definition) is 4. The first-order valence-electron chi connectivity index (χ1n) is 5.74. The topological polar surface area (TPSA) is 68.0 Å². The molecule has 0 fully saturated rings. The normalized spacial score (nSPS) is 10.3. The van der Waals surface area contributed by atoms with Crippen LogP contribution in [0.1, 0.15) is 21.6 Å². The van der Waals surface area contributed by atoms with Crippen LogP contribution in [0.4, 0.5) is 0 Å². The summed E-state index contributed by atoms with van der Waals surface area (Å²) in [5.41, 5.74) is 9.92. The molecule has 94 valence electrons. The molecule has 4 nitrogen and oxygen atoms in total. The average molecular weight is 261 g/mol. The molecule has 1 aromatic carbocycles. The van der Waals surface area contributed by atoms with Gasteiger partial charge in [0.25, 0.3) is 5.91 Å². The molecule has 0 unspecified atom stereocenters. The van der Waals surface area contributed by atoms with Gasteiger partial charge in [-0.2, -0.15) is 0 Å². The Hall–Kier alpha value is -1.72. The number of benzene rings is 1. The maximum atomic E-state index is 11.8. The van der Waals surface area contributed by atoms with Gasteiger partial charge < -0.3 is 11.1 Å². The zero-order valence-electron chi connectivity index (χ0n) is 9.93. The lowest BCUT2D eigenvalue weighted by Gasteiger charge is -2.04. The minimum atomic E-state index is -0.0812. The molecule has 18 heavy (non-hydrogen) atoms. The summed E-state index contributed by atoms with van der Waals surface area (Å²) in [6, 6.07) is 7.51. The number of carbonyl (C=O) groups excluding carboxylic acids is 1. The van der Waals surface area contributed by atoms with E-state index in [0.717, 1.165) is 17.7 Å². The van der Waals surface area contributed by atoms with Crippen LogP contribution in [0.5, 0.6) is 0 Å². The van der Waals surface area contributed by atoms with E-state index in [1.54, 1.807) is 5.51 Å². The lowest BCUT2D eigenvalue weighted by molar-refractivity contribution is 0.0950. The van der Waals surface area contributed by atoms with E-state index in [1.165, 1.54) is 11.3 Å². The summed E-state index contributed by atoms with van der Waals surface area (Å²) in [7, 11) is 0. The fourth-order valence-electron chi connectivity index (χ4n) is 1.59. The molecule has 5 heteroatoms. The lowest BCUT2D eigenvalue weighted by atomic mass is 10.1. The zero-order valence-corrected chi connectivity index (χ0v) is 10.7. The van der Waals surface area contributed by atoms with Crippen molar-refractivity contribution in [1.82, 2.24) is 10.3 Å². The van der Waals surface area contributed by atoms with Crippen molar-refractivity contribution in [3.05, 3.63) is 52.0 Å². The van der Waals surface area contributed by atoms with E-state index in [9.17, 15) is 4.79 Å². The fourth-order valence-corrected chi connectivity index (χ4v) is 2.15. The van der Waals surface area contributed by atoms with Gasteiger partial charge in [-0.3, -0.25) is 4.79 Å². The summed E-state index contributed by atoms with van der Waals surface area (Å²) in [4.78, 5) is 16.0. The summed E-state index contributed by atoms with van der Waals surface area (Å²) in [5, 5.41) is 4.75. The summed E-state index contributed by atoms with van der Waals surface area (Å²) in [5.74, 6) is -0.0812. The standard InChI is InChI=1S/C13H15N3OS/c14-6-5-10-1-3-11(4-2-10)13(17)15-7-12-8-18-9-16-12/h1-4,8-9H,5-7,14H2,(H,15,17). The Morgan fingerprint density at radius 3 is 2.72 bits per heavy atom. The van der Waals surface area contributed by atoms with Crippen molar-refractivity contribution in [3.63, 3.8) is 0 Å². The highest BCUT2D eigenvalue weighted by molar-refractivity contribution is 7.07. The Morgan fingerprint density at radius 2 is 2.11 bits per heavy atom. The summed E-state index contributed by atoms with van der Waals surface area (Å²) < 4.78 is 0.